The third-order valence-electron chi connectivity index (χ3n) is 6.17. The van der Waals surface area contributed by atoms with Crippen molar-refractivity contribution in [3.63, 3.8) is 0 Å². The largest absolute Gasteiger partial charge is 0.469 e. The van der Waals surface area contributed by atoms with Gasteiger partial charge in [0.25, 0.3) is 5.91 Å². The average Bonchev–Trinajstić information content (AvgIpc) is 3.33. The van der Waals surface area contributed by atoms with E-state index in [0.717, 1.165) is 22.7 Å². The first-order valence-electron chi connectivity index (χ1n) is 10.9. The van der Waals surface area contributed by atoms with Crippen molar-refractivity contribution in [1.82, 2.24) is 15.3 Å². The molecule has 0 radical (unpaired) electrons. The van der Waals surface area contributed by atoms with Crippen LogP contribution in [-0.4, -0.2) is 21.7 Å². The highest BCUT2D eigenvalue weighted by molar-refractivity contribution is 6.09. The van der Waals surface area contributed by atoms with Gasteiger partial charge in [0.1, 0.15) is 11.6 Å². The van der Waals surface area contributed by atoms with Gasteiger partial charge in [-0.15, -0.1) is 0 Å². The van der Waals surface area contributed by atoms with E-state index in [9.17, 15) is 9.59 Å². The van der Waals surface area contributed by atoms with Gasteiger partial charge in [0.2, 0.25) is 0 Å². The molecule has 3 aromatic rings. The van der Waals surface area contributed by atoms with Gasteiger partial charge in [-0.05, 0) is 56.2 Å². The molecular weight excluding hydrogens is 416 g/mol. The number of aromatic nitrogens is 2. The van der Waals surface area contributed by atoms with E-state index in [2.05, 4.69) is 20.6 Å². The quantitative estimate of drug-likeness (QED) is 0.625. The lowest BCUT2D eigenvalue weighted by Crippen LogP contribution is -2.37. The maximum Gasteiger partial charge on any atom is 0.255 e. The lowest BCUT2D eigenvalue weighted by Gasteiger charge is -2.36. The van der Waals surface area contributed by atoms with E-state index in [1.165, 1.54) is 0 Å². The minimum atomic E-state index is -0.509. The molecule has 1 aliphatic heterocycles. The van der Waals surface area contributed by atoms with E-state index in [-0.39, 0.29) is 17.6 Å². The second kappa shape index (κ2) is 8.50. The number of allylic oxidation sites excluding steroid dienone is 3. The molecular formula is C26H24N4O3. The highest BCUT2D eigenvalue weighted by Gasteiger charge is 2.41. The van der Waals surface area contributed by atoms with Crippen LogP contribution in [0.3, 0.4) is 0 Å². The Hall–Kier alpha value is -4.00. The monoisotopic (exact) mass is 440 g/mol. The normalized spacial score (nSPS) is 20.4. The first-order chi connectivity index (χ1) is 16.0. The molecule has 2 unspecified atom stereocenters. The third kappa shape index (κ3) is 3.98. The van der Waals surface area contributed by atoms with Crippen LogP contribution in [0.2, 0.25) is 0 Å². The summed E-state index contributed by atoms with van der Waals surface area (Å²) in [6, 6.07) is 12.9. The first-order valence-corrected chi connectivity index (χ1v) is 10.9. The Morgan fingerprint density at radius 1 is 1.12 bits per heavy atom. The lowest BCUT2D eigenvalue weighted by molar-refractivity contribution is -0.116. The molecule has 0 bridgehead atoms. The maximum absolute atomic E-state index is 13.5. The number of pyridine rings is 2. The van der Waals surface area contributed by atoms with Crippen molar-refractivity contribution >= 4 is 17.5 Å². The van der Waals surface area contributed by atoms with Crippen LogP contribution in [0.5, 0.6) is 0 Å². The minimum absolute atomic E-state index is 0.00508. The van der Waals surface area contributed by atoms with Crippen LogP contribution in [0.15, 0.2) is 88.1 Å². The topological polar surface area (TPSA) is 97.1 Å². The molecule has 4 heterocycles. The number of furan rings is 1. The Morgan fingerprint density at radius 2 is 2.00 bits per heavy atom. The number of hydrogen-bond acceptors (Lipinski definition) is 6. The zero-order valence-corrected chi connectivity index (χ0v) is 18.5. The van der Waals surface area contributed by atoms with Crippen LogP contribution < -0.4 is 10.6 Å². The number of amides is 1. The van der Waals surface area contributed by atoms with Crippen molar-refractivity contribution in [2.45, 2.75) is 38.5 Å². The number of Topliss-reactive ketones (excluding diaryl/α,β-unsaturated/α-hetero) is 1. The zero-order valence-electron chi connectivity index (χ0n) is 18.5. The van der Waals surface area contributed by atoms with Gasteiger partial charge < -0.3 is 15.1 Å². The molecule has 0 spiro atoms. The van der Waals surface area contributed by atoms with E-state index in [1.807, 2.05) is 50.2 Å². The standard InChI is InChI=1S/C26H24N4O3/c1-15-6-3-9-22(28-15)30-26(32)23-16(2)29-19-12-18(21-8-5-11-33-21)13-20(31)25(19)24(23)17-7-4-10-27-14-17/h3-11,14,18,24,29H,12-13H2,1-2H3,(H,28,30,32). The molecule has 2 N–H and O–H groups in total. The predicted molar refractivity (Wildman–Crippen MR) is 123 cm³/mol. The van der Waals surface area contributed by atoms with Crippen LogP contribution in [-0.2, 0) is 9.59 Å². The number of nitrogens with zero attached hydrogens (tertiary/aromatic N) is 2. The summed E-state index contributed by atoms with van der Waals surface area (Å²) in [7, 11) is 0. The SMILES string of the molecule is CC1=C(C(=O)Nc2cccc(C)n2)C(c2cccnc2)C2=C(CC(c3ccco3)CC2=O)N1. The van der Waals surface area contributed by atoms with Crippen molar-refractivity contribution in [3.8, 4) is 0 Å². The van der Waals surface area contributed by atoms with Crippen molar-refractivity contribution in [2.75, 3.05) is 5.32 Å². The number of dihydropyridines is 1. The first kappa shape index (κ1) is 20.9. The molecule has 0 aromatic carbocycles. The molecule has 33 heavy (non-hydrogen) atoms. The molecule has 166 valence electrons. The Labute approximate surface area is 191 Å². The number of anilines is 1. The van der Waals surface area contributed by atoms with Gasteiger partial charge in [0.15, 0.2) is 5.78 Å². The Balaban J connectivity index is 1.55. The molecule has 5 rings (SSSR count). The fraction of sp³-hybridized carbons (Fsp3) is 0.231. The summed E-state index contributed by atoms with van der Waals surface area (Å²) in [6.45, 7) is 3.74. The summed E-state index contributed by atoms with van der Waals surface area (Å²) < 4.78 is 5.58. The minimum Gasteiger partial charge on any atom is -0.469 e. The van der Waals surface area contributed by atoms with E-state index in [4.69, 9.17) is 4.42 Å². The third-order valence-corrected chi connectivity index (χ3v) is 6.17. The average molecular weight is 441 g/mol. The molecule has 2 atom stereocenters. The van der Waals surface area contributed by atoms with Crippen molar-refractivity contribution < 1.29 is 14.0 Å². The number of carbonyl (C=O) groups excluding carboxylic acids is 2. The number of hydrogen-bond donors (Lipinski definition) is 2. The zero-order chi connectivity index (χ0) is 22.9. The van der Waals surface area contributed by atoms with Gasteiger partial charge in [-0.25, -0.2) is 4.98 Å². The summed E-state index contributed by atoms with van der Waals surface area (Å²) in [5.74, 6) is 0.436. The number of ketones is 1. The molecule has 2 aliphatic rings. The van der Waals surface area contributed by atoms with E-state index >= 15 is 0 Å². The molecule has 7 nitrogen and oxygen atoms in total. The number of carbonyl (C=O) groups is 2. The summed E-state index contributed by atoms with van der Waals surface area (Å²) in [5.41, 5.74) is 4.27. The Kier molecular flexibility index (Phi) is 5.38. The van der Waals surface area contributed by atoms with E-state index in [1.54, 1.807) is 24.7 Å². The van der Waals surface area contributed by atoms with Crippen molar-refractivity contribution in [3.05, 3.63) is 101 Å². The molecule has 0 saturated heterocycles. The molecule has 7 heteroatoms. The van der Waals surface area contributed by atoms with Crippen LogP contribution in [0.4, 0.5) is 5.82 Å². The van der Waals surface area contributed by atoms with E-state index < -0.39 is 5.92 Å². The highest BCUT2D eigenvalue weighted by Crippen LogP contribution is 2.45. The van der Waals surface area contributed by atoms with E-state index in [0.29, 0.717) is 35.5 Å². The van der Waals surface area contributed by atoms with Crippen molar-refractivity contribution in [2.24, 2.45) is 0 Å². The van der Waals surface area contributed by atoms with Gasteiger partial charge in [0.05, 0.1) is 6.26 Å². The van der Waals surface area contributed by atoms with Gasteiger partial charge in [-0.3, -0.25) is 14.6 Å². The summed E-state index contributed by atoms with van der Waals surface area (Å²) in [6.07, 6.45) is 6.00. The van der Waals surface area contributed by atoms with Crippen LogP contribution >= 0.6 is 0 Å². The second-order valence-corrected chi connectivity index (χ2v) is 8.44. The maximum atomic E-state index is 13.5. The predicted octanol–water partition coefficient (Wildman–Crippen LogP) is 4.38. The Bertz CT molecular complexity index is 1280. The molecule has 3 aromatic heterocycles. The smallest absolute Gasteiger partial charge is 0.255 e. The van der Waals surface area contributed by atoms with Crippen LogP contribution in [0.25, 0.3) is 0 Å². The van der Waals surface area contributed by atoms with Gasteiger partial charge in [0, 0.05) is 58.9 Å². The van der Waals surface area contributed by atoms with Gasteiger partial charge >= 0.3 is 0 Å². The lowest BCUT2D eigenvalue weighted by atomic mass is 9.72. The Morgan fingerprint density at radius 3 is 2.73 bits per heavy atom. The number of aryl methyl sites for hydroxylation is 1. The van der Waals surface area contributed by atoms with Crippen molar-refractivity contribution in [1.29, 1.82) is 0 Å². The highest BCUT2D eigenvalue weighted by atomic mass is 16.3. The van der Waals surface area contributed by atoms with Crippen LogP contribution in [0, 0.1) is 6.92 Å². The van der Waals surface area contributed by atoms with Gasteiger partial charge in [-0.2, -0.15) is 0 Å². The molecule has 0 fully saturated rings. The molecule has 0 saturated carbocycles. The fourth-order valence-corrected chi connectivity index (χ4v) is 4.74. The summed E-state index contributed by atoms with van der Waals surface area (Å²) >= 11 is 0. The van der Waals surface area contributed by atoms with Gasteiger partial charge in [-0.1, -0.05) is 12.1 Å². The second-order valence-electron chi connectivity index (χ2n) is 8.44. The number of rotatable bonds is 4. The summed E-state index contributed by atoms with van der Waals surface area (Å²) in [5, 5.41) is 6.27. The molecule has 1 amide bonds. The fourth-order valence-electron chi connectivity index (χ4n) is 4.74. The van der Waals surface area contributed by atoms with Crippen LogP contribution in [0.1, 0.15) is 48.6 Å². The number of nitrogens with one attached hydrogen (secondary N) is 2. The molecule has 1 aliphatic carbocycles. The summed E-state index contributed by atoms with van der Waals surface area (Å²) in [4.78, 5) is 35.6.